The number of aryl methyl sites for hydroxylation is 1. The molecule has 0 aromatic carbocycles. The molecule has 1 saturated heterocycles. The molecule has 2 fully saturated rings. The number of hydrogen-bond donors (Lipinski definition) is 1. The predicted molar refractivity (Wildman–Crippen MR) is 87.8 cm³/mol. The van der Waals surface area contributed by atoms with E-state index in [0.717, 1.165) is 18.3 Å². The fraction of sp³-hybridized carbons (Fsp3) is 0.529. The monoisotopic (exact) mass is 310 g/mol. The Morgan fingerprint density at radius 1 is 1.17 bits per heavy atom. The zero-order valence-electron chi connectivity index (χ0n) is 13.4. The molecule has 1 spiro atoms. The standard InChI is InChI=1S/C17H22N6/c1-13-20-9-14(10-21-13)11-23-6-3-17(12-23)7-15(8-17)22-16-18-4-2-5-19-16/h2,4-5,9-10,15H,3,6-8,11-12H2,1H3,(H,18,19,22). The molecular weight excluding hydrogens is 288 g/mol. The molecule has 1 N–H and O–H groups in total. The summed E-state index contributed by atoms with van der Waals surface area (Å²) in [5, 5.41) is 3.44. The van der Waals surface area contributed by atoms with Gasteiger partial charge in [-0.2, -0.15) is 0 Å². The number of anilines is 1. The van der Waals surface area contributed by atoms with E-state index in [1.807, 2.05) is 25.4 Å². The van der Waals surface area contributed by atoms with Gasteiger partial charge in [-0.1, -0.05) is 0 Å². The number of hydrogen-bond acceptors (Lipinski definition) is 6. The van der Waals surface area contributed by atoms with Crippen LogP contribution >= 0.6 is 0 Å². The lowest BCUT2D eigenvalue weighted by molar-refractivity contribution is 0.119. The summed E-state index contributed by atoms with van der Waals surface area (Å²) in [6.07, 6.45) is 11.2. The molecule has 6 heteroatoms. The lowest BCUT2D eigenvalue weighted by Gasteiger charge is -2.45. The van der Waals surface area contributed by atoms with E-state index < -0.39 is 0 Å². The maximum absolute atomic E-state index is 4.29. The first-order chi connectivity index (χ1) is 11.2. The normalized spacial score (nSPS) is 27.1. The molecule has 0 unspecified atom stereocenters. The van der Waals surface area contributed by atoms with Crippen LogP contribution < -0.4 is 5.32 Å². The van der Waals surface area contributed by atoms with Crippen LogP contribution in [0.3, 0.4) is 0 Å². The first kappa shape index (κ1) is 14.5. The van der Waals surface area contributed by atoms with Crippen molar-refractivity contribution in [1.29, 1.82) is 0 Å². The lowest BCUT2D eigenvalue weighted by atomic mass is 9.65. The van der Waals surface area contributed by atoms with Crippen molar-refractivity contribution < 1.29 is 0 Å². The Balaban J connectivity index is 1.29. The van der Waals surface area contributed by atoms with Gasteiger partial charge >= 0.3 is 0 Å². The number of rotatable bonds is 4. The minimum atomic E-state index is 0.484. The molecule has 4 rings (SSSR count). The molecule has 1 aliphatic heterocycles. The zero-order chi connectivity index (χ0) is 15.7. The molecule has 0 bridgehead atoms. The van der Waals surface area contributed by atoms with Crippen LogP contribution in [-0.2, 0) is 6.54 Å². The Labute approximate surface area is 136 Å². The van der Waals surface area contributed by atoms with Crippen molar-refractivity contribution in [2.75, 3.05) is 18.4 Å². The van der Waals surface area contributed by atoms with E-state index in [1.165, 1.54) is 37.9 Å². The van der Waals surface area contributed by atoms with E-state index in [9.17, 15) is 0 Å². The van der Waals surface area contributed by atoms with Crippen molar-refractivity contribution in [3.05, 3.63) is 42.2 Å². The van der Waals surface area contributed by atoms with E-state index >= 15 is 0 Å². The van der Waals surface area contributed by atoms with Gasteiger partial charge in [0.05, 0.1) is 0 Å². The molecule has 1 saturated carbocycles. The number of aromatic nitrogens is 4. The molecule has 120 valence electrons. The Morgan fingerprint density at radius 3 is 2.65 bits per heavy atom. The molecule has 2 aromatic rings. The van der Waals surface area contributed by atoms with Gasteiger partial charge in [0.1, 0.15) is 5.82 Å². The SMILES string of the molecule is Cc1ncc(CN2CCC3(CC(Nc4ncccn4)C3)C2)cn1. The smallest absolute Gasteiger partial charge is 0.222 e. The van der Waals surface area contributed by atoms with Crippen LogP contribution in [0.25, 0.3) is 0 Å². The highest BCUT2D eigenvalue weighted by molar-refractivity contribution is 5.27. The third kappa shape index (κ3) is 3.17. The minimum Gasteiger partial charge on any atom is -0.351 e. The Hall–Kier alpha value is -2.08. The maximum atomic E-state index is 4.29. The molecule has 0 amide bonds. The van der Waals surface area contributed by atoms with Gasteiger partial charge in [-0.3, -0.25) is 4.90 Å². The van der Waals surface area contributed by atoms with E-state index in [1.54, 1.807) is 12.4 Å². The Morgan fingerprint density at radius 2 is 1.91 bits per heavy atom. The highest BCUT2D eigenvalue weighted by Crippen LogP contribution is 2.49. The van der Waals surface area contributed by atoms with Crippen LogP contribution in [0.15, 0.2) is 30.9 Å². The van der Waals surface area contributed by atoms with Gasteiger partial charge in [-0.15, -0.1) is 0 Å². The number of nitrogens with zero attached hydrogens (tertiary/aromatic N) is 5. The summed E-state index contributed by atoms with van der Waals surface area (Å²) < 4.78 is 0. The molecule has 6 nitrogen and oxygen atoms in total. The highest BCUT2D eigenvalue weighted by Gasteiger charge is 2.48. The Bertz CT molecular complexity index is 651. The third-order valence-electron chi connectivity index (χ3n) is 5.02. The van der Waals surface area contributed by atoms with Gasteiger partial charge in [0.2, 0.25) is 5.95 Å². The summed E-state index contributed by atoms with van der Waals surface area (Å²) in [6, 6.07) is 2.36. The second-order valence-electron chi connectivity index (χ2n) is 6.92. The zero-order valence-corrected chi connectivity index (χ0v) is 13.4. The van der Waals surface area contributed by atoms with Crippen molar-refractivity contribution in [3.8, 4) is 0 Å². The van der Waals surface area contributed by atoms with Crippen LogP contribution in [0.5, 0.6) is 0 Å². The van der Waals surface area contributed by atoms with E-state index in [0.29, 0.717) is 11.5 Å². The first-order valence-electron chi connectivity index (χ1n) is 8.24. The molecule has 3 heterocycles. The van der Waals surface area contributed by atoms with Crippen molar-refractivity contribution in [1.82, 2.24) is 24.8 Å². The minimum absolute atomic E-state index is 0.484. The van der Waals surface area contributed by atoms with Crippen LogP contribution in [0.4, 0.5) is 5.95 Å². The van der Waals surface area contributed by atoms with E-state index in [4.69, 9.17) is 0 Å². The third-order valence-corrected chi connectivity index (χ3v) is 5.02. The summed E-state index contributed by atoms with van der Waals surface area (Å²) >= 11 is 0. The fourth-order valence-electron chi connectivity index (χ4n) is 3.90. The second-order valence-corrected chi connectivity index (χ2v) is 6.92. The summed E-state index contributed by atoms with van der Waals surface area (Å²) in [5.41, 5.74) is 1.69. The molecule has 2 aromatic heterocycles. The largest absolute Gasteiger partial charge is 0.351 e. The van der Waals surface area contributed by atoms with Gasteiger partial charge in [0.15, 0.2) is 0 Å². The number of nitrogens with one attached hydrogen (secondary N) is 1. The summed E-state index contributed by atoms with van der Waals surface area (Å²) in [6.45, 7) is 5.23. The molecule has 0 radical (unpaired) electrons. The first-order valence-corrected chi connectivity index (χ1v) is 8.24. The second kappa shape index (κ2) is 5.85. The van der Waals surface area contributed by atoms with Crippen LogP contribution in [0.1, 0.15) is 30.7 Å². The van der Waals surface area contributed by atoms with Gasteiger partial charge < -0.3 is 5.32 Å². The summed E-state index contributed by atoms with van der Waals surface area (Å²) in [4.78, 5) is 19.6. The molecule has 2 aliphatic rings. The quantitative estimate of drug-likeness (QED) is 0.932. The predicted octanol–water partition coefficient (Wildman–Crippen LogP) is 2.04. The average Bonchev–Trinajstić information content (AvgIpc) is 2.94. The van der Waals surface area contributed by atoms with Gasteiger partial charge in [0.25, 0.3) is 0 Å². The van der Waals surface area contributed by atoms with Gasteiger partial charge in [-0.25, -0.2) is 19.9 Å². The average molecular weight is 310 g/mol. The van der Waals surface area contributed by atoms with Crippen LogP contribution in [-0.4, -0.2) is 44.0 Å². The topological polar surface area (TPSA) is 66.8 Å². The lowest BCUT2D eigenvalue weighted by Crippen LogP contribution is -2.47. The van der Waals surface area contributed by atoms with E-state index in [-0.39, 0.29) is 0 Å². The van der Waals surface area contributed by atoms with Crippen molar-refractivity contribution in [2.45, 2.75) is 38.8 Å². The molecule has 23 heavy (non-hydrogen) atoms. The maximum Gasteiger partial charge on any atom is 0.222 e. The number of likely N-dealkylation sites (tertiary alicyclic amines) is 1. The van der Waals surface area contributed by atoms with Gasteiger partial charge in [-0.05, 0) is 44.2 Å². The summed E-state index contributed by atoms with van der Waals surface area (Å²) in [7, 11) is 0. The van der Waals surface area contributed by atoms with Crippen molar-refractivity contribution in [2.24, 2.45) is 5.41 Å². The van der Waals surface area contributed by atoms with Crippen molar-refractivity contribution >= 4 is 5.95 Å². The summed E-state index contributed by atoms with van der Waals surface area (Å²) in [5.74, 6) is 1.58. The molecule has 1 aliphatic carbocycles. The van der Waals surface area contributed by atoms with Crippen molar-refractivity contribution in [3.63, 3.8) is 0 Å². The van der Waals surface area contributed by atoms with Crippen LogP contribution in [0, 0.1) is 12.3 Å². The Kier molecular flexibility index (Phi) is 3.69. The van der Waals surface area contributed by atoms with Gasteiger partial charge in [0, 0.05) is 49.5 Å². The van der Waals surface area contributed by atoms with Crippen LogP contribution in [0.2, 0.25) is 0 Å². The highest BCUT2D eigenvalue weighted by atomic mass is 15.2. The molecular formula is C17H22N6. The fourth-order valence-corrected chi connectivity index (χ4v) is 3.90. The molecule has 0 atom stereocenters. The van der Waals surface area contributed by atoms with E-state index in [2.05, 4.69) is 30.2 Å².